The molecule has 2 fully saturated rings. The van der Waals surface area contributed by atoms with Crippen molar-refractivity contribution in [2.45, 2.75) is 6.42 Å². The van der Waals surface area contributed by atoms with Crippen LogP contribution in [0.15, 0.2) is 28.7 Å². The predicted molar refractivity (Wildman–Crippen MR) is 58.2 cm³/mol. The summed E-state index contributed by atoms with van der Waals surface area (Å²) in [6.07, 6.45) is 0.749. The van der Waals surface area contributed by atoms with Crippen LogP contribution in [-0.2, 0) is 9.59 Å². The highest BCUT2D eigenvalue weighted by Crippen LogP contribution is 2.49. The molecule has 0 spiro atoms. The third-order valence-electron chi connectivity index (χ3n) is 2.96. The van der Waals surface area contributed by atoms with Crippen molar-refractivity contribution in [3.63, 3.8) is 0 Å². The maximum Gasteiger partial charge on any atom is 0.237 e. The molecule has 1 heterocycles. The molecular weight excluding hydrogens is 258 g/mol. The number of carbonyl (C=O) groups excluding carboxylic acids is 2. The fraction of sp³-hybridized carbons (Fsp3) is 0.273. The Kier molecular flexibility index (Phi) is 1.77. The predicted octanol–water partition coefficient (Wildman–Crippen LogP) is 1.96. The van der Waals surface area contributed by atoms with E-state index in [0.29, 0.717) is 5.69 Å². The molecule has 1 aromatic carbocycles. The molecule has 3 nitrogen and oxygen atoms in total. The molecule has 1 aromatic rings. The Morgan fingerprint density at radius 3 is 2.33 bits per heavy atom. The highest BCUT2D eigenvalue weighted by molar-refractivity contribution is 9.10. The Morgan fingerprint density at radius 2 is 1.73 bits per heavy atom. The Morgan fingerprint density at radius 1 is 1.13 bits per heavy atom. The van der Waals surface area contributed by atoms with E-state index in [0.717, 1.165) is 10.9 Å². The lowest BCUT2D eigenvalue weighted by Gasteiger charge is -2.17. The number of imide groups is 1. The lowest BCUT2D eigenvalue weighted by molar-refractivity contribution is -0.123. The van der Waals surface area contributed by atoms with E-state index in [2.05, 4.69) is 15.9 Å². The highest BCUT2D eigenvalue weighted by Gasteiger charge is 2.59. The van der Waals surface area contributed by atoms with Gasteiger partial charge in [-0.15, -0.1) is 0 Å². The van der Waals surface area contributed by atoms with Gasteiger partial charge in [0.05, 0.1) is 17.5 Å². The van der Waals surface area contributed by atoms with Gasteiger partial charge < -0.3 is 0 Å². The first-order valence-electron chi connectivity index (χ1n) is 4.82. The maximum absolute atomic E-state index is 11.8. The van der Waals surface area contributed by atoms with Gasteiger partial charge in [-0.3, -0.25) is 9.59 Å². The van der Waals surface area contributed by atoms with Gasteiger partial charge in [0, 0.05) is 4.47 Å². The molecule has 2 amide bonds. The van der Waals surface area contributed by atoms with Crippen molar-refractivity contribution in [2.75, 3.05) is 4.90 Å². The van der Waals surface area contributed by atoms with Crippen molar-refractivity contribution < 1.29 is 9.59 Å². The molecule has 76 valence electrons. The van der Waals surface area contributed by atoms with E-state index >= 15 is 0 Å². The summed E-state index contributed by atoms with van der Waals surface area (Å²) in [6, 6.07) is 7.30. The van der Waals surface area contributed by atoms with E-state index in [4.69, 9.17) is 0 Å². The van der Waals surface area contributed by atoms with Gasteiger partial charge >= 0.3 is 0 Å². The second-order valence-corrected chi connectivity index (χ2v) is 4.77. The molecule has 0 bridgehead atoms. The molecule has 15 heavy (non-hydrogen) atoms. The largest absolute Gasteiger partial charge is 0.274 e. The molecule has 1 aliphatic heterocycles. The molecule has 2 aliphatic rings. The molecule has 1 aliphatic carbocycles. The van der Waals surface area contributed by atoms with Crippen LogP contribution < -0.4 is 4.90 Å². The first kappa shape index (κ1) is 9.09. The number of benzene rings is 1. The molecule has 4 heteroatoms. The zero-order valence-corrected chi connectivity index (χ0v) is 9.40. The van der Waals surface area contributed by atoms with Crippen LogP contribution in [0.4, 0.5) is 5.69 Å². The number of hydrogen-bond acceptors (Lipinski definition) is 2. The first-order chi connectivity index (χ1) is 7.20. The Hall–Kier alpha value is -1.16. The van der Waals surface area contributed by atoms with E-state index in [1.54, 1.807) is 6.07 Å². The number of nitrogens with zero attached hydrogens (tertiary/aromatic N) is 1. The lowest BCUT2D eigenvalue weighted by Crippen LogP contribution is -2.32. The molecular formula is C11H8BrNO2. The minimum atomic E-state index is -0.0445. The van der Waals surface area contributed by atoms with Crippen LogP contribution in [0.2, 0.25) is 0 Å². The summed E-state index contributed by atoms with van der Waals surface area (Å²) in [7, 11) is 0. The Labute approximate surface area is 95.2 Å². The molecule has 0 N–H and O–H groups in total. The number of rotatable bonds is 1. The van der Waals surface area contributed by atoms with Crippen LogP contribution >= 0.6 is 15.9 Å². The SMILES string of the molecule is O=C1C2CC2C(=O)N1c1ccccc1Br. The smallest absolute Gasteiger partial charge is 0.237 e. The topological polar surface area (TPSA) is 37.4 Å². The van der Waals surface area contributed by atoms with Gasteiger partial charge in [-0.05, 0) is 34.5 Å². The third kappa shape index (κ3) is 1.17. The van der Waals surface area contributed by atoms with Crippen LogP contribution in [0.1, 0.15) is 6.42 Å². The number of carbonyl (C=O) groups is 2. The van der Waals surface area contributed by atoms with Crippen LogP contribution in [0, 0.1) is 11.8 Å². The van der Waals surface area contributed by atoms with Crippen molar-refractivity contribution in [1.29, 1.82) is 0 Å². The molecule has 1 saturated carbocycles. The molecule has 2 atom stereocenters. The van der Waals surface area contributed by atoms with Gasteiger partial charge in [-0.2, -0.15) is 0 Å². The second-order valence-electron chi connectivity index (χ2n) is 3.91. The minimum Gasteiger partial charge on any atom is -0.274 e. The molecule has 1 saturated heterocycles. The average molecular weight is 266 g/mol. The summed E-state index contributed by atoms with van der Waals surface area (Å²) in [4.78, 5) is 24.9. The number of fused-ring (bicyclic) bond motifs is 1. The summed E-state index contributed by atoms with van der Waals surface area (Å²) >= 11 is 3.35. The quantitative estimate of drug-likeness (QED) is 0.728. The Balaban J connectivity index is 2.05. The Bertz CT molecular complexity index is 451. The molecule has 0 aromatic heterocycles. The summed E-state index contributed by atoms with van der Waals surface area (Å²) in [5.41, 5.74) is 0.666. The second kappa shape index (κ2) is 2.92. The van der Waals surface area contributed by atoms with Gasteiger partial charge in [-0.25, -0.2) is 4.90 Å². The average Bonchev–Trinajstić information content (AvgIpc) is 2.96. The lowest BCUT2D eigenvalue weighted by atomic mass is 10.3. The normalized spacial score (nSPS) is 28.2. The van der Waals surface area contributed by atoms with Crippen LogP contribution in [0.3, 0.4) is 0 Å². The standard InChI is InChI=1S/C11H8BrNO2/c12-8-3-1-2-4-9(8)13-10(14)6-5-7(6)11(13)15/h1-4,6-7H,5H2. The van der Waals surface area contributed by atoms with Gasteiger partial charge in [0.15, 0.2) is 0 Å². The van der Waals surface area contributed by atoms with Crippen LogP contribution in [0.25, 0.3) is 0 Å². The summed E-state index contributed by atoms with van der Waals surface area (Å²) in [6.45, 7) is 0. The fourth-order valence-corrected chi connectivity index (χ4v) is 2.51. The number of halogens is 1. The van der Waals surface area contributed by atoms with Gasteiger partial charge in [-0.1, -0.05) is 12.1 Å². The maximum atomic E-state index is 11.8. The van der Waals surface area contributed by atoms with Crippen LogP contribution in [-0.4, -0.2) is 11.8 Å². The van der Waals surface area contributed by atoms with E-state index < -0.39 is 0 Å². The number of anilines is 1. The van der Waals surface area contributed by atoms with Gasteiger partial charge in [0.2, 0.25) is 11.8 Å². The number of amides is 2. The molecule has 0 radical (unpaired) electrons. The summed E-state index contributed by atoms with van der Waals surface area (Å²) in [5.74, 6) is -0.164. The monoisotopic (exact) mass is 265 g/mol. The molecule has 3 rings (SSSR count). The third-order valence-corrected chi connectivity index (χ3v) is 3.63. The number of hydrogen-bond donors (Lipinski definition) is 0. The van der Waals surface area contributed by atoms with Crippen LogP contribution in [0.5, 0.6) is 0 Å². The van der Waals surface area contributed by atoms with Gasteiger partial charge in [0.1, 0.15) is 0 Å². The zero-order chi connectivity index (χ0) is 10.6. The van der Waals surface area contributed by atoms with Gasteiger partial charge in [0.25, 0.3) is 0 Å². The van der Waals surface area contributed by atoms with E-state index in [9.17, 15) is 9.59 Å². The van der Waals surface area contributed by atoms with E-state index in [1.807, 2.05) is 18.2 Å². The van der Waals surface area contributed by atoms with Crippen molar-refractivity contribution in [1.82, 2.24) is 0 Å². The van der Waals surface area contributed by atoms with Crippen molar-refractivity contribution in [3.05, 3.63) is 28.7 Å². The van der Waals surface area contributed by atoms with Crippen molar-refractivity contribution in [2.24, 2.45) is 11.8 Å². The number of para-hydroxylation sites is 1. The summed E-state index contributed by atoms with van der Waals surface area (Å²) < 4.78 is 0.785. The first-order valence-corrected chi connectivity index (χ1v) is 5.62. The zero-order valence-electron chi connectivity index (χ0n) is 7.81. The number of piperidine rings is 1. The van der Waals surface area contributed by atoms with E-state index in [1.165, 1.54) is 4.90 Å². The summed E-state index contributed by atoms with van der Waals surface area (Å²) in [5, 5.41) is 0. The van der Waals surface area contributed by atoms with Crippen molar-refractivity contribution >= 4 is 33.4 Å². The van der Waals surface area contributed by atoms with E-state index in [-0.39, 0.29) is 23.7 Å². The minimum absolute atomic E-state index is 0.0374. The fourth-order valence-electron chi connectivity index (χ4n) is 2.05. The van der Waals surface area contributed by atoms with Crippen molar-refractivity contribution in [3.8, 4) is 0 Å². The molecule has 2 unspecified atom stereocenters. The highest BCUT2D eigenvalue weighted by atomic mass is 79.9.